The number of rotatable bonds is 2. The van der Waals surface area contributed by atoms with Gasteiger partial charge in [0, 0.05) is 10.5 Å². The fourth-order valence-corrected chi connectivity index (χ4v) is 1.84. The second-order valence-corrected chi connectivity index (χ2v) is 4.70. The maximum absolute atomic E-state index is 13.4. The zero-order valence-electron chi connectivity index (χ0n) is 9.52. The van der Waals surface area contributed by atoms with Crippen molar-refractivity contribution in [1.82, 2.24) is 0 Å². The van der Waals surface area contributed by atoms with E-state index in [-0.39, 0.29) is 22.7 Å². The van der Waals surface area contributed by atoms with Crippen LogP contribution < -0.4 is 5.32 Å². The van der Waals surface area contributed by atoms with Gasteiger partial charge < -0.3 is 15.5 Å². The maximum Gasteiger partial charge on any atom is 0.259 e. The quantitative estimate of drug-likeness (QED) is 0.742. The molecule has 0 heterocycles. The standard InChI is InChI=1S/C13H9BrFNO3/c14-7-1-3-9(12(18)5-7)13(19)16-11-4-2-8(17)6-10(11)15/h1-6,17-18H,(H,16,19). The van der Waals surface area contributed by atoms with Crippen molar-refractivity contribution in [3.8, 4) is 11.5 Å². The molecule has 2 aromatic carbocycles. The van der Waals surface area contributed by atoms with E-state index < -0.39 is 11.7 Å². The van der Waals surface area contributed by atoms with Crippen molar-refractivity contribution in [2.75, 3.05) is 5.32 Å². The molecule has 4 nitrogen and oxygen atoms in total. The molecular weight excluding hydrogens is 317 g/mol. The van der Waals surface area contributed by atoms with E-state index >= 15 is 0 Å². The first kappa shape index (κ1) is 13.4. The van der Waals surface area contributed by atoms with Gasteiger partial charge in [0.1, 0.15) is 17.3 Å². The first-order valence-electron chi connectivity index (χ1n) is 5.26. The van der Waals surface area contributed by atoms with E-state index in [1.165, 1.54) is 24.3 Å². The number of phenols is 2. The van der Waals surface area contributed by atoms with Crippen LogP contribution in [0.25, 0.3) is 0 Å². The summed E-state index contributed by atoms with van der Waals surface area (Å²) < 4.78 is 14.1. The van der Waals surface area contributed by atoms with Crippen molar-refractivity contribution in [1.29, 1.82) is 0 Å². The molecule has 0 saturated carbocycles. The molecule has 2 aromatic rings. The van der Waals surface area contributed by atoms with E-state index in [2.05, 4.69) is 21.2 Å². The van der Waals surface area contributed by atoms with Crippen LogP contribution in [0.4, 0.5) is 10.1 Å². The third-order valence-corrected chi connectivity index (χ3v) is 2.90. The van der Waals surface area contributed by atoms with Crippen LogP contribution in [0.3, 0.4) is 0 Å². The maximum atomic E-state index is 13.4. The summed E-state index contributed by atoms with van der Waals surface area (Å²) in [4.78, 5) is 11.9. The summed E-state index contributed by atoms with van der Waals surface area (Å²) in [6, 6.07) is 7.73. The minimum absolute atomic E-state index is 0.0238. The first-order valence-corrected chi connectivity index (χ1v) is 6.05. The summed E-state index contributed by atoms with van der Waals surface area (Å²) in [6.07, 6.45) is 0. The molecule has 2 rings (SSSR count). The number of carbonyl (C=O) groups excluding carboxylic acids is 1. The average Bonchev–Trinajstić information content (AvgIpc) is 2.32. The summed E-state index contributed by atoms with van der Waals surface area (Å²) in [5, 5.41) is 21.0. The molecule has 19 heavy (non-hydrogen) atoms. The van der Waals surface area contributed by atoms with Gasteiger partial charge in [-0.15, -0.1) is 0 Å². The largest absolute Gasteiger partial charge is 0.508 e. The summed E-state index contributed by atoms with van der Waals surface area (Å²) >= 11 is 3.15. The lowest BCUT2D eigenvalue weighted by Gasteiger charge is -2.08. The molecule has 0 unspecified atom stereocenters. The molecule has 0 atom stereocenters. The number of aromatic hydroxyl groups is 2. The molecule has 0 spiro atoms. The predicted molar refractivity (Wildman–Crippen MR) is 71.8 cm³/mol. The average molecular weight is 326 g/mol. The van der Waals surface area contributed by atoms with Crippen LogP contribution >= 0.6 is 15.9 Å². The fourth-order valence-electron chi connectivity index (χ4n) is 1.49. The number of anilines is 1. The molecule has 0 aliphatic rings. The number of benzene rings is 2. The highest BCUT2D eigenvalue weighted by molar-refractivity contribution is 9.10. The van der Waals surface area contributed by atoms with Crippen molar-refractivity contribution in [3.63, 3.8) is 0 Å². The first-order chi connectivity index (χ1) is 8.97. The van der Waals surface area contributed by atoms with Gasteiger partial charge in [-0.2, -0.15) is 0 Å². The van der Waals surface area contributed by atoms with Gasteiger partial charge in [0.15, 0.2) is 0 Å². The van der Waals surface area contributed by atoms with Crippen LogP contribution in [0.15, 0.2) is 40.9 Å². The minimum Gasteiger partial charge on any atom is -0.508 e. The van der Waals surface area contributed by atoms with E-state index in [1.807, 2.05) is 0 Å². The van der Waals surface area contributed by atoms with Crippen molar-refractivity contribution in [3.05, 3.63) is 52.3 Å². The summed E-state index contributed by atoms with van der Waals surface area (Å²) in [7, 11) is 0. The smallest absolute Gasteiger partial charge is 0.259 e. The zero-order chi connectivity index (χ0) is 14.0. The van der Waals surface area contributed by atoms with Gasteiger partial charge in [0.2, 0.25) is 0 Å². The lowest BCUT2D eigenvalue weighted by molar-refractivity contribution is 0.102. The summed E-state index contributed by atoms with van der Waals surface area (Å²) in [5.41, 5.74) is -0.0548. The molecule has 0 bridgehead atoms. The van der Waals surface area contributed by atoms with Crippen LogP contribution in [0.2, 0.25) is 0 Å². The monoisotopic (exact) mass is 325 g/mol. The molecular formula is C13H9BrFNO3. The number of phenolic OH excluding ortho intramolecular Hbond substituents is 2. The van der Waals surface area contributed by atoms with Gasteiger partial charge in [-0.1, -0.05) is 15.9 Å². The number of hydrogen-bond donors (Lipinski definition) is 3. The van der Waals surface area contributed by atoms with Gasteiger partial charge in [0.05, 0.1) is 11.3 Å². The Morgan fingerprint density at radius 3 is 2.53 bits per heavy atom. The lowest BCUT2D eigenvalue weighted by Crippen LogP contribution is -2.13. The normalized spacial score (nSPS) is 10.2. The molecule has 0 fully saturated rings. The number of hydrogen-bond acceptors (Lipinski definition) is 3. The highest BCUT2D eigenvalue weighted by atomic mass is 79.9. The third-order valence-electron chi connectivity index (χ3n) is 2.41. The van der Waals surface area contributed by atoms with Gasteiger partial charge >= 0.3 is 0 Å². The Hall–Kier alpha value is -2.08. The van der Waals surface area contributed by atoms with E-state index in [0.29, 0.717) is 4.47 Å². The van der Waals surface area contributed by atoms with Gasteiger partial charge in [-0.05, 0) is 30.3 Å². The number of nitrogens with one attached hydrogen (secondary N) is 1. The van der Waals surface area contributed by atoms with Crippen LogP contribution in [-0.4, -0.2) is 16.1 Å². The fraction of sp³-hybridized carbons (Fsp3) is 0. The second-order valence-electron chi connectivity index (χ2n) is 3.78. The van der Waals surface area contributed by atoms with E-state index in [1.54, 1.807) is 6.07 Å². The van der Waals surface area contributed by atoms with Crippen LogP contribution in [0.1, 0.15) is 10.4 Å². The lowest BCUT2D eigenvalue weighted by atomic mass is 10.2. The van der Waals surface area contributed by atoms with Crippen molar-refractivity contribution >= 4 is 27.5 Å². The molecule has 0 aromatic heterocycles. The molecule has 6 heteroatoms. The molecule has 1 amide bonds. The summed E-state index contributed by atoms with van der Waals surface area (Å²) in [6.45, 7) is 0. The number of carbonyl (C=O) groups is 1. The molecule has 0 aliphatic heterocycles. The van der Waals surface area contributed by atoms with Crippen LogP contribution in [0.5, 0.6) is 11.5 Å². The van der Waals surface area contributed by atoms with Crippen molar-refractivity contribution < 1.29 is 19.4 Å². The number of halogens is 2. The SMILES string of the molecule is O=C(Nc1ccc(O)cc1F)c1ccc(Br)cc1O. The van der Waals surface area contributed by atoms with Gasteiger partial charge in [0.25, 0.3) is 5.91 Å². The highest BCUT2D eigenvalue weighted by Crippen LogP contribution is 2.24. The Balaban J connectivity index is 2.25. The van der Waals surface area contributed by atoms with Gasteiger partial charge in [-0.25, -0.2) is 4.39 Å². The Morgan fingerprint density at radius 1 is 1.16 bits per heavy atom. The predicted octanol–water partition coefficient (Wildman–Crippen LogP) is 3.25. The van der Waals surface area contributed by atoms with Crippen molar-refractivity contribution in [2.24, 2.45) is 0 Å². The Morgan fingerprint density at radius 2 is 1.89 bits per heavy atom. The Labute approximate surface area is 116 Å². The van der Waals surface area contributed by atoms with Crippen LogP contribution in [0, 0.1) is 5.82 Å². The van der Waals surface area contributed by atoms with E-state index in [4.69, 9.17) is 5.11 Å². The second kappa shape index (κ2) is 5.27. The topological polar surface area (TPSA) is 69.6 Å². The molecule has 98 valence electrons. The number of amides is 1. The highest BCUT2D eigenvalue weighted by Gasteiger charge is 2.13. The van der Waals surface area contributed by atoms with E-state index in [9.17, 15) is 14.3 Å². The Kier molecular flexibility index (Phi) is 3.71. The molecule has 0 radical (unpaired) electrons. The van der Waals surface area contributed by atoms with E-state index in [0.717, 1.165) is 6.07 Å². The minimum atomic E-state index is -0.759. The Bertz CT molecular complexity index is 646. The molecule has 3 N–H and O–H groups in total. The van der Waals surface area contributed by atoms with Gasteiger partial charge in [-0.3, -0.25) is 4.79 Å². The molecule has 0 aliphatic carbocycles. The summed E-state index contributed by atoms with van der Waals surface area (Å²) in [5.74, 6) is -1.85. The van der Waals surface area contributed by atoms with Crippen LogP contribution in [-0.2, 0) is 0 Å². The zero-order valence-corrected chi connectivity index (χ0v) is 11.1. The van der Waals surface area contributed by atoms with Crippen molar-refractivity contribution in [2.45, 2.75) is 0 Å². The molecule has 0 saturated heterocycles. The third kappa shape index (κ3) is 3.03.